The second kappa shape index (κ2) is 8.88. The number of Topliss-reactive ketones (excluding diaryl/α,β-unsaturated/α-hetero) is 1. The number of rotatable bonds is 6. The Morgan fingerprint density at radius 2 is 1.65 bits per heavy atom. The van der Waals surface area contributed by atoms with Gasteiger partial charge in [0.15, 0.2) is 5.82 Å². The summed E-state index contributed by atoms with van der Waals surface area (Å²) in [5.74, 6) is -0.346. The number of hydrogen-bond acceptors (Lipinski definition) is 4. The quantitative estimate of drug-likeness (QED) is 0.322. The highest BCUT2D eigenvalue weighted by atomic mass is 19.4. The lowest BCUT2D eigenvalue weighted by molar-refractivity contribution is -0.143. The fraction of sp³-hybridized carbons (Fsp3) is 0.217. The van der Waals surface area contributed by atoms with Gasteiger partial charge in [-0.2, -0.15) is 26.3 Å². The third-order valence-corrected chi connectivity index (χ3v) is 5.04. The number of pyridine rings is 1. The lowest BCUT2D eigenvalue weighted by atomic mass is 9.98. The maximum absolute atomic E-state index is 13.5. The normalized spacial score (nSPS) is 12.3. The van der Waals surface area contributed by atoms with Crippen LogP contribution in [0.5, 0.6) is 0 Å². The van der Waals surface area contributed by atoms with Crippen LogP contribution in [0.25, 0.3) is 28.3 Å². The van der Waals surface area contributed by atoms with Crippen molar-refractivity contribution in [3.05, 3.63) is 72.3 Å². The molecule has 0 unspecified atom stereocenters. The molecule has 176 valence electrons. The van der Waals surface area contributed by atoms with E-state index in [9.17, 15) is 31.1 Å². The van der Waals surface area contributed by atoms with Crippen molar-refractivity contribution in [1.29, 1.82) is 0 Å². The van der Waals surface area contributed by atoms with Crippen LogP contribution in [0.15, 0.2) is 61.2 Å². The standard InChI is InChI=1S/C23H16F6N4O/c24-22(25,26)4-2-18(34)10-14-8-16(11-17(9-14)23(27,28)29)19-13-32-20-12-15(3-7-33(19)20)21-30-5-1-6-31-21/h1,3,5-9,11-13H,2,4,10H2. The van der Waals surface area contributed by atoms with Crippen molar-refractivity contribution < 1.29 is 31.1 Å². The first kappa shape index (κ1) is 23.4. The van der Waals surface area contributed by atoms with Gasteiger partial charge < -0.3 is 0 Å². The van der Waals surface area contributed by atoms with Crippen LogP contribution >= 0.6 is 0 Å². The molecule has 11 heteroatoms. The average molecular weight is 478 g/mol. The van der Waals surface area contributed by atoms with Gasteiger partial charge in [0, 0.05) is 42.6 Å². The lowest BCUT2D eigenvalue weighted by Crippen LogP contribution is -2.13. The molecule has 4 aromatic rings. The number of halogens is 6. The Bertz CT molecular complexity index is 1330. The van der Waals surface area contributed by atoms with Crippen molar-refractivity contribution >= 4 is 11.4 Å². The zero-order valence-electron chi connectivity index (χ0n) is 17.4. The maximum Gasteiger partial charge on any atom is 0.416 e. The zero-order valence-corrected chi connectivity index (χ0v) is 17.4. The van der Waals surface area contributed by atoms with Crippen LogP contribution in [0.3, 0.4) is 0 Å². The van der Waals surface area contributed by atoms with E-state index < -0.39 is 43.0 Å². The molecule has 34 heavy (non-hydrogen) atoms. The van der Waals surface area contributed by atoms with Crippen molar-refractivity contribution in [1.82, 2.24) is 19.4 Å². The van der Waals surface area contributed by atoms with Gasteiger partial charge in [-0.1, -0.05) is 0 Å². The molecule has 5 nitrogen and oxygen atoms in total. The molecule has 0 aliphatic rings. The molecule has 0 atom stereocenters. The van der Waals surface area contributed by atoms with E-state index in [1.54, 1.807) is 41.2 Å². The van der Waals surface area contributed by atoms with Crippen LogP contribution in [0, 0.1) is 0 Å². The topological polar surface area (TPSA) is 60.2 Å². The van der Waals surface area contributed by atoms with E-state index in [1.165, 1.54) is 12.3 Å². The van der Waals surface area contributed by atoms with E-state index in [2.05, 4.69) is 15.0 Å². The molecule has 0 spiro atoms. The van der Waals surface area contributed by atoms with E-state index in [1.807, 2.05) is 0 Å². The monoisotopic (exact) mass is 478 g/mol. The molecule has 0 aliphatic carbocycles. The number of benzene rings is 1. The number of hydrogen-bond donors (Lipinski definition) is 0. The van der Waals surface area contributed by atoms with Gasteiger partial charge in [-0.05, 0) is 42.0 Å². The molecule has 4 rings (SSSR count). The van der Waals surface area contributed by atoms with Crippen molar-refractivity contribution in [2.45, 2.75) is 31.6 Å². The van der Waals surface area contributed by atoms with Crippen LogP contribution in [0.2, 0.25) is 0 Å². The van der Waals surface area contributed by atoms with Gasteiger partial charge in [-0.25, -0.2) is 15.0 Å². The first-order valence-electron chi connectivity index (χ1n) is 10.0. The van der Waals surface area contributed by atoms with E-state index in [0.29, 0.717) is 22.7 Å². The van der Waals surface area contributed by atoms with Gasteiger partial charge in [-0.15, -0.1) is 0 Å². The van der Waals surface area contributed by atoms with Gasteiger partial charge >= 0.3 is 12.4 Å². The summed E-state index contributed by atoms with van der Waals surface area (Å²) < 4.78 is 79.3. The van der Waals surface area contributed by atoms with Crippen LogP contribution in [0.4, 0.5) is 26.3 Å². The van der Waals surface area contributed by atoms with Gasteiger partial charge in [0.2, 0.25) is 0 Å². The van der Waals surface area contributed by atoms with Gasteiger partial charge in [0.1, 0.15) is 11.4 Å². The summed E-state index contributed by atoms with van der Waals surface area (Å²) in [4.78, 5) is 24.6. The molecule has 0 saturated heterocycles. The Hall–Kier alpha value is -3.76. The summed E-state index contributed by atoms with van der Waals surface area (Å²) >= 11 is 0. The fourth-order valence-electron chi connectivity index (χ4n) is 3.48. The highest BCUT2D eigenvalue weighted by molar-refractivity contribution is 5.81. The van der Waals surface area contributed by atoms with Crippen LogP contribution in [0.1, 0.15) is 24.0 Å². The van der Waals surface area contributed by atoms with Crippen LogP contribution < -0.4 is 0 Å². The fourth-order valence-corrected chi connectivity index (χ4v) is 3.48. The Kier molecular flexibility index (Phi) is 6.11. The Morgan fingerprint density at radius 1 is 0.912 bits per heavy atom. The summed E-state index contributed by atoms with van der Waals surface area (Å²) in [5.41, 5.74) is 0.509. The zero-order chi connectivity index (χ0) is 24.5. The minimum absolute atomic E-state index is 0.0266. The number of aromatic nitrogens is 4. The second-order valence-corrected chi connectivity index (χ2v) is 7.61. The Labute approximate surface area is 189 Å². The molecule has 3 aromatic heterocycles. The summed E-state index contributed by atoms with van der Waals surface area (Å²) in [6.07, 6.45) is -5.75. The van der Waals surface area contributed by atoms with E-state index in [-0.39, 0.29) is 11.1 Å². The molecule has 0 saturated carbocycles. The number of ketones is 1. The van der Waals surface area contributed by atoms with Gasteiger partial charge in [0.05, 0.1) is 23.9 Å². The SMILES string of the molecule is O=C(CCC(F)(F)F)Cc1cc(-c2cnc3cc(-c4ncccn4)ccn23)cc(C(F)(F)F)c1. The minimum atomic E-state index is -4.71. The molecule has 0 N–H and O–H groups in total. The number of alkyl halides is 6. The molecular weight excluding hydrogens is 462 g/mol. The molecule has 3 heterocycles. The van der Waals surface area contributed by atoms with Gasteiger partial charge in [-0.3, -0.25) is 9.20 Å². The van der Waals surface area contributed by atoms with E-state index in [0.717, 1.165) is 12.1 Å². The average Bonchev–Trinajstić information content (AvgIpc) is 3.20. The molecule has 1 aromatic carbocycles. The number of carbonyl (C=O) groups is 1. The Morgan fingerprint density at radius 3 is 2.32 bits per heavy atom. The predicted octanol–water partition coefficient (Wildman–Crippen LogP) is 5.93. The third-order valence-electron chi connectivity index (χ3n) is 5.04. The van der Waals surface area contributed by atoms with Crippen molar-refractivity contribution in [2.75, 3.05) is 0 Å². The summed E-state index contributed by atoms with van der Waals surface area (Å²) in [7, 11) is 0. The largest absolute Gasteiger partial charge is 0.416 e. The minimum Gasteiger partial charge on any atom is -0.300 e. The van der Waals surface area contributed by atoms with Crippen molar-refractivity contribution in [2.24, 2.45) is 0 Å². The summed E-state index contributed by atoms with van der Waals surface area (Å²) in [6, 6.07) is 8.08. The number of imidazole rings is 1. The predicted molar refractivity (Wildman–Crippen MR) is 111 cm³/mol. The smallest absolute Gasteiger partial charge is 0.300 e. The molecule has 0 aliphatic heterocycles. The van der Waals surface area contributed by atoms with Gasteiger partial charge in [0.25, 0.3) is 0 Å². The van der Waals surface area contributed by atoms with E-state index in [4.69, 9.17) is 0 Å². The molecule has 0 bridgehead atoms. The molecule has 0 radical (unpaired) electrons. The highest BCUT2D eigenvalue weighted by Crippen LogP contribution is 2.34. The number of carbonyl (C=O) groups excluding carboxylic acids is 1. The summed E-state index contributed by atoms with van der Waals surface area (Å²) in [5, 5.41) is 0. The van der Waals surface area contributed by atoms with Crippen LogP contribution in [-0.4, -0.2) is 31.3 Å². The van der Waals surface area contributed by atoms with Crippen LogP contribution in [-0.2, 0) is 17.4 Å². The third kappa shape index (κ3) is 5.41. The Balaban J connectivity index is 1.70. The molecule has 0 fully saturated rings. The van der Waals surface area contributed by atoms with E-state index >= 15 is 0 Å². The maximum atomic E-state index is 13.5. The highest BCUT2D eigenvalue weighted by Gasteiger charge is 2.32. The summed E-state index contributed by atoms with van der Waals surface area (Å²) in [6.45, 7) is 0. The van der Waals surface area contributed by atoms with Crippen molar-refractivity contribution in [3.63, 3.8) is 0 Å². The first-order chi connectivity index (χ1) is 16.0. The second-order valence-electron chi connectivity index (χ2n) is 7.61. The molecule has 0 amide bonds. The number of nitrogens with zero attached hydrogens (tertiary/aromatic N) is 4. The van der Waals surface area contributed by atoms with Crippen molar-refractivity contribution in [3.8, 4) is 22.6 Å². The first-order valence-corrected chi connectivity index (χ1v) is 10.0. The molecular formula is C23H16F6N4O. The lowest BCUT2D eigenvalue weighted by Gasteiger charge is -2.13. The number of fused-ring (bicyclic) bond motifs is 1.